The van der Waals surface area contributed by atoms with Crippen LogP contribution in [-0.4, -0.2) is 9.97 Å². The lowest BCUT2D eigenvalue weighted by molar-refractivity contribution is 1.30. The van der Waals surface area contributed by atoms with Crippen molar-refractivity contribution in [3.63, 3.8) is 0 Å². The fraction of sp³-hybridized carbons (Fsp3) is 0. The minimum atomic E-state index is -0.710. The molecule has 0 saturated heterocycles. The maximum absolute atomic E-state index is 10.8. The predicted molar refractivity (Wildman–Crippen MR) is 67.7 cm³/mol. The first-order valence-corrected chi connectivity index (χ1v) is 5.60. The van der Waals surface area contributed by atoms with Gasteiger partial charge >= 0.3 is 5.56 Å². The van der Waals surface area contributed by atoms with Crippen LogP contribution in [0.2, 0.25) is 0 Å². The average molecular weight is 291 g/mol. The zero-order valence-electron chi connectivity index (χ0n) is 8.63. The molecule has 0 aliphatic carbocycles. The minimum absolute atomic E-state index is 0.185. The lowest BCUT2D eigenvalue weighted by Crippen LogP contribution is -2.19. The van der Waals surface area contributed by atoms with Crippen LogP contribution in [0.15, 0.2) is 56.7 Å². The molecule has 5 heteroatoms. The zero-order chi connectivity index (χ0) is 12.3. The summed E-state index contributed by atoms with van der Waals surface area (Å²) in [5, 5.41) is 0. The minimum Gasteiger partial charge on any atom is -0.281 e. The van der Waals surface area contributed by atoms with Crippen LogP contribution >= 0.6 is 15.9 Å². The third kappa shape index (κ3) is 2.62. The van der Waals surface area contributed by atoms with Crippen LogP contribution < -0.4 is 11.0 Å². The Labute approximate surface area is 105 Å². The molecule has 0 amide bonds. The van der Waals surface area contributed by atoms with Crippen LogP contribution in [0.5, 0.6) is 0 Å². The van der Waals surface area contributed by atoms with Crippen molar-refractivity contribution >= 4 is 15.9 Å². The number of hydrogen-bond donors (Lipinski definition) is 0. The van der Waals surface area contributed by atoms with E-state index >= 15 is 0 Å². The molecular formula is C12H7BrN2O2. The topological polar surface area (TPSA) is 59.9 Å². The summed E-state index contributed by atoms with van der Waals surface area (Å²) in [7, 11) is 0. The van der Waals surface area contributed by atoms with E-state index in [0.29, 0.717) is 5.69 Å². The van der Waals surface area contributed by atoms with E-state index < -0.39 is 11.0 Å². The number of nitrogens with zero attached hydrogens (tertiary/aromatic N) is 2. The highest BCUT2D eigenvalue weighted by Gasteiger charge is 2.14. The molecule has 17 heavy (non-hydrogen) atoms. The highest BCUT2D eigenvalue weighted by molar-refractivity contribution is 9.10. The largest absolute Gasteiger partial charge is 0.320 e. The van der Waals surface area contributed by atoms with Gasteiger partial charge in [-0.15, -0.1) is 0 Å². The van der Waals surface area contributed by atoms with Gasteiger partial charge in [-0.25, -0.2) is 4.98 Å². The summed E-state index contributed by atoms with van der Waals surface area (Å²) >= 11 is 3.31. The Morgan fingerprint density at radius 2 is 1.71 bits per heavy atom. The first kappa shape index (κ1) is 11.6. The summed E-state index contributed by atoms with van der Waals surface area (Å²) in [6, 6.07) is 11.5. The Morgan fingerprint density at radius 1 is 1.00 bits per heavy atom. The van der Waals surface area contributed by atoms with Crippen molar-refractivity contribution in [1.29, 1.82) is 0 Å². The number of benzene rings is 1. The SMILES string of the molecule is Brc1ccccc1.O=c1nc2ccnc-2c1=O. The van der Waals surface area contributed by atoms with Crippen LogP contribution in [0.4, 0.5) is 0 Å². The van der Waals surface area contributed by atoms with E-state index in [9.17, 15) is 9.59 Å². The summed E-state index contributed by atoms with van der Waals surface area (Å²) in [6.45, 7) is 0. The first-order valence-electron chi connectivity index (χ1n) is 4.81. The van der Waals surface area contributed by atoms with Crippen molar-refractivity contribution in [2.45, 2.75) is 0 Å². The van der Waals surface area contributed by atoms with Crippen molar-refractivity contribution in [2.24, 2.45) is 0 Å². The van der Waals surface area contributed by atoms with Crippen LogP contribution in [0.1, 0.15) is 0 Å². The van der Waals surface area contributed by atoms with Gasteiger partial charge in [-0.2, -0.15) is 0 Å². The number of hydrogen-bond acceptors (Lipinski definition) is 4. The van der Waals surface area contributed by atoms with E-state index in [0.717, 1.165) is 4.47 Å². The predicted octanol–water partition coefficient (Wildman–Crippen LogP) is 1.63. The second kappa shape index (κ2) is 4.97. The number of halogens is 1. The molecular weight excluding hydrogens is 284 g/mol. The van der Waals surface area contributed by atoms with E-state index in [4.69, 9.17) is 0 Å². The monoisotopic (exact) mass is 290 g/mol. The summed E-state index contributed by atoms with van der Waals surface area (Å²) in [6.07, 6.45) is 1.46. The fourth-order valence-electron chi connectivity index (χ4n) is 1.27. The van der Waals surface area contributed by atoms with E-state index in [1.807, 2.05) is 30.3 Å². The molecule has 2 aliphatic rings. The van der Waals surface area contributed by atoms with Crippen LogP contribution in [0.3, 0.4) is 0 Å². The normalized spacial score (nSPS) is 9.94. The Hall–Kier alpha value is -1.88. The van der Waals surface area contributed by atoms with E-state index in [-0.39, 0.29) is 5.69 Å². The summed E-state index contributed by atoms with van der Waals surface area (Å²) in [4.78, 5) is 28.4. The maximum atomic E-state index is 10.8. The van der Waals surface area contributed by atoms with Gasteiger partial charge in [0.2, 0.25) is 0 Å². The molecule has 0 atom stereocenters. The van der Waals surface area contributed by atoms with E-state index in [2.05, 4.69) is 25.9 Å². The quantitative estimate of drug-likeness (QED) is 0.591. The molecule has 0 unspecified atom stereocenters. The lowest BCUT2D eigenvalue weighted by atomic mass is 10.4. The Balaban J connectivity index is 0.000000136. The molecule has 1 aromatic carbocycles. The van der Waals surface area contributed by atoms with E-state index in [1.54, 1.807) is 0 Å². The van der Waals surface area contributed by atoms with Gasteiger partial charge in [-0.3, -0.25) is 14.6 Å². The average Bonchev–Trinajstić information content (AvgIpc) is 2.86. The van der Waals surface area contributed by atoms with Crippen molar-refractivity contribution in [3.05, 3.63) is 67.6 Å². The van der Waals surface area contributed by atoms with Gasteiger partial charge in [0.1, 0.15) is 5.69 Å². The molecule has 0 bridgehead atoms. The second-order valence-electron chi connectivity index (χ2n) is 3.22. The molecule has 4 nitrogen and oxygen atoms in total. The van der Waals surface area contributed by atoms with Crippen molar-refractivity contribution in [1.82, 2.24) is 9.97 Å². The van der Waals surface area contributed by atoms with Crippen LogP contribution in [0.25, 0.3) is 11.4 Å². The van der Waals surface area contributed by atoms with Gasteiger partial charge in [-0.1, -0.05) is 34.1 Å². The Bertz CT molecular complexity index is 660. The smallest absolute Gasteiger partial charge is 0.281 e. The molecule has 0 aromatic heterocycles. The van der Waals surface area contributed by atoms with Gasteiger partial charge in [0.25, 0.3) is 5.43 Å². The van der Waals surface area contributed by atoms with Crippen LogP contribution in [0, 0.1) is 0 Å². The van der Waals surface area contributed by atoms with Gasteiger partial charge in [0.15, 0.2) is 0 Å². The van der Waals surface area contributed by atoms with Gasteiger partial charge in [0.05, 0.1) is 5.69 Å². The van der Waals surface area contributed by atoms with Crippen molar-refractivity contribution < 1.29 is 0 Å². The maximum Gasteiger partial charge on any atom is 0.320 e. The third-order valence-corrected chi connectivity index (χ3v) is 2.57. The van der Waals surface area contributed by atoms with Crippen LogP contribution in [-0.2, 0) is 0 Å². The molecule has 0 radical (unpaired) electrons. The fourth-order valence-corrected chi connectivity index (χ4v) is 1.57. The summed E-state index contributed by atoms with van der Waals surface area (Å²) in [5.41, 5.74) is -0.724. The van der Waals surface area contributed by atoms with Gasteiger partial charge < -0.3 is 0 Å². The Kier molecular flexibility index (Phi) is 3.39. The summed E-state index contributed by atoms with van der Waals surface area (Å²) in [5.74, 6) is 0. The zero-order valence-corrected chi connectivity index (χ0v) is 10.2. The highest BCUT2D eigenvalue weighted by Crippen LogP contribution is 2.08. The molecule has 2 heterocycles. The highest BCUT2D eigenvalue weighted by atomic mass is 79.9. The molecule has 0 saturated carbocycles. The van der Waals surface area contributed by atoms with Gasteiger partial charge in [-0.05, 0) is 18.2 Å². The molecule has 2 aliphatic heterocycles. The molecule has 0 N–H and O–H groups in total. The molecule has 84 valence electrons. The number of rotatable bonds is 0. The first-order chi connectivity index (χ1) is 8.18. The third-order valence-electron chi connectivity index (χ3n) is 2.04. The summed E-state index contributed by atoms with van der Waals surface area (Å²) < 4.78 is 1.13. The van der Waals surface area contributed by atoms with E-state index in [1.165, 1.54) is 12.3 Å². The molecule has 0 spiro atoms. The number of aromatic nitrogens is 2. The van der Waals surface area contributed by atoms with Crippen molar-refractivity contribution in [3.8, 4) is 11.4 Å². The van der Waals surface area contributed by atoms with Gasteiger partial charge in [0, 0.05) is 10.7 Å². The Morgan fingerprint density at radius 3 is 2.24 bits per heavy atom. The number of fused-ring (bicyclic) bond motifs is 1. The molecule has 1 aromatic rings. The second-order valence-corrected chi connectivity index (χ2v) is 4.14. The van der Waals surface area contributed by atoms with Crippen molar-refractivity contribution in [2.75, 3.05) is 0 Å². The molecule has 3 rings (SSSR count). The standard InChI is InChI=1S/C6H5Br.C6H2N2O2/c7-6-4-2-1-3-5-6;9-5-4-3(1-2-7-4)8-6(5)10/h1-5H;1-2H. The molecule has 0 fully saturated rings. The lowest BCUT2D eigenvalue weighted by Gasteiger charge is -1.80.